The van der Waals surface area contributed by atoms with Crippen LogP contribution in [0.4, 0.5) is 0 Å². The summed E-state index contributed by atoms with van der Waals surface area (Å²) in [5, 5.41) is 5.61. The average molecular weight is 645 g/mol. The number of hydrazone groups is 1. The highest BCUT2D eigenvalue weighted by Crippen LogP contribution is 2.38. The van der Waals surface area contributed by atoms with E-state index in [1.807, 2.05) is 36.4 Å². The standard InChI is InChI=1S/C32H23BrClN3O5/c1-2-18-6-5-8-23-28(22-7-3-4-9-24(22)34)30(36-29(18)23)31(38)37-35-16-20-14-21(33)11-13-25(20)42-32(39)19-10-12-26-27(15-19)41-17-40-26/h3-16,36H,2,17H2,1H3,(H,37,38). The van der Waals surface area contributed by atoms with Gasteiger partial charge in [-0.25, -0.2) is 10.2 Å². The molecule has 2 N–H and O–H groups in total. The van der Waals surface area contributed by atoms with E-state index in [1.54, 1.807) is 42.5 Å². The average Bonchev–Trinajstić information content (AvgIpc) is 3.63. The third-order valence-corrected chi connectivity index (χ3v) is 7.65. The maximum absolute atomic E-state index is 13.5. The highest BCUT2D eigenvalue weighted by atomic mass is 79.9. The van der Waals surface area contributed by atoms with E-state index in [1.165, 1.54) is 6.21 Å². The molecule has 0 saturated heterocycles. The van der Waals surface area contributed by atoms with Gasteiger partial charge in [0, 0.05) is 37.1 Å². The van der Waals surface area contributed by atoms with E-state index in [9.17, 15) is 9.59 Å². The molecule has 0 unspecified atom stereocenters. The predicted molar refractivity (Wildman–Crippen MR) is 165 cm³/mol. The second-order valence-electron chi connectivity index (χ2n) is 9.39. The van der Waals surface area contributed by atoms with Crippen LogP contribution in [-0.4, -0.2) is 29.9 Å². The van der Waals surface area contributed by atoms with E-state index in [4.69, 9.17) is 25.8 Å². The summed E-state index contributed by atoms with van der Waals surface area (Å²) in [4.78, 5) is 29.7. The van der Waals surface area contributed by atoms with Crippen molar-refractivity contribution < 1.29 is 23.8 Å². The van der Waals surface area contributed by atoms with Crippen LogP contribution in [0, 0.1) is 0 Å². The summed E-state index contributed by atoms with van der Waals surface area (Å²) in [5.41, 5.74) is 7.08. The van der Waals surface area contributed by atoms with Crippen molar-refractivity contribution in [3.63, 3.8) is 0 Å². The summed E-state index contributed by atoms with van der Waals surface area (Å²) in [6, 6.07) is 23.3. The summed E-state index contributed by atoms with van der Waals surface area (Å²) < 4.78 is 17.1. The zero-order chi connectivity index (χ0) is 29.2. The molecule has 0 saturated carbocycles. The number of esters is 1. The van der Waals surface area contributed by atoms with Gasteiger partial charge in [0.15, 0.2) is 11.5 Å². The second-order valence-corrected chi connectivity index (χ2v) is 10.7. The smallest absolute Gasteiger partial charge is 0.343 e. The first-order valence-electron chi connectivity index (χ1n) is 13.1. The van der Waals surface area contributed by atoms with Gasteiger partial charge in [-0.15, -0.1) is 0 Å². The van der Waals surface area contributed by atoms with Gasteiger partial charge in [0.25, 0.3) is 5.91 Å². The minimum absolute atomic E-state index is 0.102. The maximum Gasteiger partial charge on any atom is 0.343 e. The number of aryl methyl sites for hydroxylation is 1. The van der Waals surface area contributed by atoms with Crippen molar-refractivity contribution >= 4 is 56.5 Å². The SMILES string of the molecule is CCc1cccc2c(-c3ccccc3Cl)c(C(=O)NN=Cc3cc(Br)ccc3OC(=O)c3ccc4c(c3)OCO4)[nH]c12. The summed E-state index contributed by atoms with van der Waals surface area (Å²) in [5.74, 6) is 0.270. The highest BCUT2D eigenvalue weighted by molar-refractivity contribution is 9.10. The Morgan fingerprint density at radius 1 is 1.05 bits per heavy atom. The number of halogens is 2. The molecule has 0 radical (unpaired) electrons. The zero-order valence-electron chi connectivity index (χ0n) is 22.2. The van der Waals surface area contributed by atoms with Gasteiger partial charge in [-0.3, -0.25) is 4.79 Å². The first-order valence-corrected chi connectivity index (χ1v) is 14.2. The molecule has 0 aliphatic carbocycles. The monoisotopic (exact) mass is 643 g/mol. The number of fused-ring (bicyclic) bond motifs is 2. The molecule has 0 spiro atoms. The molecular weight excluding hydrogens is 622 g/mol. The molecule has 210 valence electrons. The van der Waals surface area contributed by atoms with Crippen molar-refractivity contribution in [2.75, 3.05) is 6.79 Å². The topological polar surface area (TPSA) is 102 Å². The number of nitrogens with zero attached hydrogens (tertiary/aromatic N) is 1. The lowest BCUT2D eigenvalue weighted by Gasteiger charge is -2.09. The summed E-state index contributed by atoms with van der Waals surface area (Å²) in [7, 11) is 0. The summed E-state index contributed by atoms with van der Waals surface area (Å²) in [6.45, 7) is 2.16. The number of amides is 1. The van der Waals surface area contributed by atoms with Gasteiger partial charge in [-0.1, -0.05) is 70.9 Å². The molecule has 4 aromatic carbocycles. The number of rotatable bonds is 7. The lowest BCUT2D eigenvalue weighted by Crippen LogP contribution is -2.19. The van der Waals surface area contributed by atoms with E-state index < -0.39 is 11.9 Å². The largest absolute Gasteiger partial charge is 0.454 e. The van der Waals surface area contributed by atoms with Crippen molar-refractivity contribution in [2.24, 2.45) is 5.10 Å². The molecule has 1 aromatic heterocycles. The quantitative estimate of drug-likeness (QED) is 0.0826. The molecule has 42 heavy (non-hydrogen) atoms. The molecule has 1 amide bonds. The van der Waals surface area contributed by atoms with Crippen molar-refractivity contribution in [1.29, 1.82) is 0 Å². The van der Waals surface area contributed by atoms with Crippen molar-refractivity contribution in [3.8, 4) is 28.4 Å². The lowest BCUT2D eigenvalue weighted by molar-refractivity contribution is 0.0733. The number of nitrogens with one attached hydrogen (secondary N) is 2. The van der Waals surface area contributed by atoms with Gasteiger partial charge < -0.3 is 19.2 Å². The Morgan fingerprint density at radius 2 is 1.88 bits per heavy atom. The van der Waals surface area contributed by atoms with Crippen LogP contribution < -0.4 is 19.6 Å². The van der Waals surface area contributed by atoms with Crippen LogP contribution in [-0.2, 0) is 6.42 Å². The number of hydrogen-bond acceptors (Lipinski definition) is 6. The fourth-order valence-corrected chi connectivity index (χ4v) is 5.41. The van der Waals surface area contributed by atoms with E-state index in [2.05, 4.69) is 38.4 Å². The Bertz CT molecular complexity index is 1880. The van der Waals surface area contributed by atoms with Crippen LogP contribution in [0.2, 0.25) is 5.02 Å². The molecule has 10 heteroatoms. The van der Waals surface area contributed by atoms with Crippen molar-refractivity contribution in [2.45, 2.75) is 13.3 Å². The van der Waals surface area contributed by atoms with Crippen LogP contribution in [0.25, 0.3) is 22.0 Å². The molecule has 0 fully saturated rings. The van der Waals surface area contributed by atoms with E-state index in [0.29, 0.717) is 38.9 Å². The third kappa shape index (κ3) is 5.36. The first kappa shape index (κ1) is 27.6. The van der Waals surface area contributed by atoms with Crippen molar-refractivity contribution in [1.82, 2.24) is 10.4 Å². The van der Waals surface area contributed by atoms with Gasteiger partial charge >= 0.3 is 5.97 Å². The Hall–Kier alpha value is -4.60. The van der Waals surface area contributed by atoms with Crippen molar-refractivity contribution in [3.05, 3.63) is 111 Å². The normalized spacial score (nSPS) is 12.2. The fraction of sp³-hybridized carbons (Fsp3) is 0.0938. The molecule has 6 rings (SSSR count). The first-order chi connectivity index (χ1) is 20.4. The molecule has 2 heterocycles. The minimum Gasteiger partial charge on any atom is -0.454 e. The minimum atomic E-state index is -0.580. The van der Waals surface area contributed by atoms with Crippen LogP contribution in [0.3, 0.4) is 0 Å². The number of aromatic nitrogens is 1. The van der Waals surface area contributed by atoms with Crippen LogP contribution in [0.15, 0.2) is 88.4 Å². The summed E-state index contributed by atoms with van der Waals surface area (Å²) in [6.07, 6.45) is 2.20. The van der Waals surface area contributed by atoms with Gasteiger partial charge in [0.2, 0.25) is 6.79 Å². The molecule has 0 bridgehead atoms. The lowest BCUT2D eigenvalue weighted by atomic mass is 9.99. The molecule has 0 atom stereocenters. The molecule has 5 aromatic rings. The summed E-state index contributed by atoms with van der Waals surface area (Å²) >= 11 is 10.00. The van der Waals surface area contributed by atoms with E-state index in [0.717, 1.165) is 32.9 Å². The predicted octanol–water partition coefficient (Wildman–Crippen LogP) is 7.53. The molecular formula is C32H23BrClN3O5. The Morgan fingerprint density at radius 3 is 2.71 bits per heavy atom. The number of ether oxygens (including phenoxy) is 3. The zero-order valence-corrected chi connectivity index (χ0v) is 24.6. The van der Waals surface area contributed by atoms with Gasteiger partial charge in [-0.2, -0.15) is 5.10 Å². The fourth-order valence-electron chi connectivity index (χ4n) is 4.80. The molecule has 8 nitrogen and oxygen atoms in total. The second kappa shape index (κ2) is 11.7. The van der Waals surface area contributed by atoms with Gasteiger partial charge in [0.05, 0.1) is 11.8 Å². The number of carbonyl (C=O) groups excluding carboxylic acids is 2. The number of para-hydroxylation sites is 1. The Kier molecular flexibility index (Phi) is 7.69. The third-order valence-electron chi connectivity index (χ3n) is 6.82. The Labute approximate surface area is 254 Å². The number of aromatic amines is 1. The Balaban J connectivity index is 1.28. The molecule has 1 aliphatic heterocycles. The van der Waals surface area contributed by atoms with Crippen LogP contribution in [0.5, 0.6) is 17.2 Å². The number of carbonyl (C=O) groups is 2. The maximum atomic E-state index is 13.5. The number of benzene rings is 4. The number of H-pyrrole nitrogens is 1. The van der Waals surface area contributed by atoms with Crippen LogP contribution in [0.1, 0.15) is 38.9 Å². The van der Waals surface area contributed by atoms with E-state index >= 15 is 0 Å². The highest BCUT2D eigenvalue weighted by Gasteiger charge is 2.22. The van der Waals surface area contributed by atoms with Gasteiger partial charge in [-0.05, 0) is 54.4 Å². The van der Waals surface area contributed by atoms with Gasteiger partial charge in [0.1, 0.15) is 11.4 Å². The van der Waals surface area contributed by atoms with Crippen LogP contribution >= 0.6 is 27.5 Å². The molecule has 1 aliphatic rings. The number of hydrogen-bond donors (Lipinski definition) is 2. The van der Waals surface area contributed by atoms with E-state index in [-0.39, 0.29) is 12.5 Å².